The summed E-state index contributed by atoms with van der Waals surface area (Å²) in [7, 11) is 1.63. The summed E-state index contributed by atoms with van der Waals surface area (Å²) < 4.78 is 54.1. The molecule has 0 unspecified atom stereocenters. The molecule has 1 aliphatic carbocycles. The molecule has 2 aromatic carbocycles. The van der Waals surface area contributed by atoms with Crippen LogP contribution in [0.2, 0.25) is 0 Å². The first-order valence-corrected chi connectivity index (χ1v) is 12.6. The van der Waals surface area contributed by atoms with Crippen LogP contribution in [0.3, 0.4) is 0 Å². The van der Waals surface area contributed by atoms with Crippen molar-refractivity contribution in [1.29, 1.82) is 0 Å². The molecule has 4 aromatic rings. The van der Waals surface area contributed by atoms with Crippen LogP contribution in [0.25, 0.3) is 17.1 Å². The average molecular weight is 551 g/mol. The number of alkyl halides is 3. The van der Waals surface area contributed by atoms with Gasteiger partial charge < -0.3 is 4.90 Å². The summed E-state index contributed by atoms with van der Waals surface area (Å²) >= 11 is 0. The van der Waals surface area contributed by atoms with E-state index in [0.29, 0.717) is 40.3 Å². The monoisotopic (exact) mass is 550 g/mol. The molecule has 5 rings (SSSR count). The van der Waals surface area contributed by atoms with Crippen LogP contribution < -0.4 is 0 Å². The first-order chi connectivity index (χ1) is 18.8. The van der Waals surface area contributed by atoms with Crippen molar-refractivity contribution in [3.63, 3.8) is 0 Å². The van der Waals surface area contributed by atoms with Crippen molar-refractivity contribution in [3.8, 4) is 17.1 Å². The van der Waals surface area contributed by atoms with Crippen molar-refractivity contribution in [3.05, 3.63) is 101 Å². The van der Waals surface area contributed by atoms with Crippen molar-refractivity contribution in [2.24, 2.45) is 5.41 Å². The molecule has 0 N–H and O–H groups in total. The van der Waals surface area contributed by atoms with E-state index in [1.54, 1.807) is 31.3 Å². The predicted molar refractivity (Wildman–Crippen MR) is 140 cm³/mol. The number of fused-ring (bicyclic) bond motifs is 1. The van der Waals surface area contributed by atoms with Crippen molar-refractivity contribution in [2.45, 2.75) is 39.4 Å². The first-order valence-electron chi connectivity index (χ1n) is 12.6. The number of hydrogen-bond donors (Lipinski definition) is 0. The van der Waals surface area contributed by atoms with E-state index >= 15 is 0 Å². The van der Waals surface area contributed by atoms with Gasteiger partial charge in [0.1, 0.15) is 11.5 Å². The highest BCUT2D eigenvalue weighted by atomic mass is 19.4. The van der Waals surface area contributed by atoms with Gasteiger partial charge >= 0.3 is 6.18 Å². The van der Waals surface area contributed by atoms with Crippen molar-refractivity contribution in [2.75, 3.05) is 7.05 Å². The minimum absolute atomic E-state index is 0.137. The van der Waals surface area contributed by atoms with Gasteiger partial charge in [-0.3, -0.25) is 9.59 Å². The average Bonchev–Trinajstić information content (AvgIpc) is 3.28. The fourth-order valence-corrected chi connectivity index (χ4v) is 4.95. The SMILES string of the molecule is CN(Cc1ccc(F)cc1)C(=O)c1ccc(-n2nc(-c3ccc(C(F)(F)F)cc3)c3c2CC(C)(C)CC3=O)nc1. The normalized spacial score (nSPS) is 14.6. The van der Waals surface area contributed by atoms with Crippen LogP contribution in [-0.4, -0.2) is 38.4 Å². The molecule has 40 heavy (non-hydrogen) atoms. The quantitative estimate of drug-likeness (QED) is 0.266. The Balaban J connectivity index is 1.48. The zero-order chi connectivity index (χ0) is 28.8. The second-order valence-corrected chi connectivity index (χ2v) is 10.8. The first kappa shape index (κ1) is 27.2. The Bertz CT molecular complexity index is 1570. The second-order valence-electron chi connectivity index (χ2n) is 10.8. The number of halogens is 4. The van der Waals surface area contributed by atoms with Crippen molar-refractivity contribution < 1.29 is 27.2 Å². The molecule has 0 bridgehead atoms. The Labute approximate surface area is 228 Å². The molecule has 2 heterocycles. The molecular formula is C30H26F4N4O2. The van der Waals surface area contributed by atoms with Crippen molar-refractivity contribution >= 4 is 11.7 Å². The number of nitrogens with zero attached hydrogens (tertiary/aromatic N) is 4. The van der Waals surface area contributed by atoms with Gasteiger partial charge in [-0.2, -0.15) is 18.3 Å². The molecular weight excluding hydrogens is 524 g/mol. The molecule has 206 valence electrons. The van der Waals surface area contributed by atoms with Crippen molar-refractivity contribution in [1.82, 2.24) is 19.7 Å². The highest BCUT2D eigenvalue weighted by molar-refractivity contribution is 6.04. The van der Waals surface area contributed by atoms with Crippen LogP contribution >= 0.6 is 0 Å². The van der Waals surface area contributed by atoms with Gasteiger partial charge in [-0.1, -0.05) is 38.1 Å². The summed E-state index contributed by atoms with van der Waals surface area (Å²) in [6, 6.07) is 13.7. The van der Waals surface area contributed by atoms with Crippen LogP contribution in [0.5, 0.6) is 0 Å². The molecule has 0 saturated carbocycles. The van der Waals surface area contributed by atoms with Gasteiger partial charge in [-0.05, 0) is 53.8 Å². The summed E-state index contributed by atoms with van der Waals surface area (Å²) in [6.07, 6.45) is -2.28. The zero-order valence-electron chi connectivity index (χ0n) is 22.1. The minimum Gasteiger partial charge on any atom is -0.337 e. The summed E-state index contributed by atoms with van der Waals surface area (Å²) in [5.41, 5.74) is 1.65. The summed E-state index contributed by atoms with van der Waals surface area (Å²) in [6.45, 7) is 4.21. The van der Waals surface area contributed by atoms with E-state index in [1.807, 2.05) is 13.8 Å². The molecule has 1 amide bonds. The van der Waals surface area contributed by atoms with Crippen LogP contribution in [-0.2, 0) is 19.1 Å². The highest BCUT2D eigenvalue weighted by Crippen LogP contribution is 2.40. The van der Waals surface area contributed by atoms with Gasteiger partial charge in [0, 0.05) is 31.8 Å². The maximum absolute atomic E-state index is 13.2. The third-order valence-corrected chi connectivity index (χ3v) is 6.92. The number of carbonyl (C=O) groups is 2. The Morgan fingerprint density at radius 2 is 1.68 bits per heavy atom. The van der Waals surface area contributed by atoms with Crippen LogP contribution in [0.1, 0.15) is 57.8 Å². The summed E-state index contributed by atoms with van der Waals surface area (Å²) in [5.74, 6) is -0.406. The zero-order valence-corrected chi connectivity index (χ0v) is 22.1. The number of amides is 1. The maximum atomic E-state index is 13.2. The lowest BCUT2D eigenvalue weighted by Gasteiger charge is -2.29. The topological polar surface area (TPSA) is 68.1 Å². The molecule has 6 nitrogen and oxygen atoms in total. The fraction of sp³-hybridized carbons (Fsp3) is 0.267. The largest absolute Gasteiger partial charge is 0.416 e. The molecule has 10 heteroatoms. The Morgan fingerprint density at radius 3 is 2.27 bits per heavy atom. The maximum Gasteiger partial charge on any atom is 0.416 e. The van der Waals surface area contributed by atoms with Gasteiger partial charge in [0.05, 0.1) is 22.4 Å². The van der Waals surface area contributed by atoms with E-state index in [-0.39, 0.29) is 35.9 Å². The third kappa shape index (κ3) is 5.38. The molecule has 0 atom stereocenters. The predicted octanol–water partition coefficient (Wildman–Crippen LogP) is 6.52. The molecule has 0 spiro atoms. The second kappa shape index (κ2) is 10.0. The molecule has 0 saturated heterocycles. The number of carbonyl (C=O) groups excluding carboxylic acids is 2. The lowest BCUT2D eigenvalue weighted by molar-refractivity contribution is -0.137. The van der Waals surface area contributed by atoms with Crippen LogP contribution in [0, 0.1) is 11.2 Å². The lowest BCUT2D eigenvalue weighted by atomic mass is 9.75. The van der Waals surface area contributed by atoms with E-state index < -0.39 is 11.7 Å². The van der Waals surface area contributed by atoms with Crippen LogP contribution in [0.15, 0.2) is 66.9 Å². The number of ketones is 1. The Kier molecular flexibility index (Phi) is 6.81. The van der Waals surface area contributed by atoms with Gasteiger partial charge in [0.2, 0.25) is 0 Å². The summed E-state index contributed by atoms with van der Waals surface area (Å²) in [5, 5.41) is 4.64. The van der Waals surface area contributed by atoms with E-state index in [4.69, 9.17) is 0 Å². The van der Waals surface area contributed by atoms with E-state index in [2.05, 4.69) is 10.1 Å². The highest BCUT2D eigenvalue weighted by Gasteiger charge is 2.37. The van der Waals surface area contributed by atoms with Crippen LogP contribution in [0.4, 0.5) is 17.6 Å². The molecule has 0 radical (unpaired) electrons. The lowest BCUT2D eigenvalue weighted by Crippen LogP contribution is -2.28. The van der Waals surface area contributed by atoms with Gasteiger partial charge in [-0.15, -0.1) is 0 Å². The van der Waals surface area contributed by atoms with Gasteiger partial charge in [0.25, 0.3) is 5.91 Å². The number of hydrogen-bond acceptors (Lipinski definition) is 4. The van der Waals surface area contributed by atoms with E-state index in [1.165, 1.54) is 40.0 Å². The standard InChI is InChI=1S/C30H26F4N4O2/c1-29(2)14-23-26(24(39)15-29)27(19-6-9-21(10-7-19)30(32,33)34)36-38(23)25-13-8-20(16-35-25)28(40)37(3)17-18-4-11-22(31)12-5-18/h4-13,16H,14-15,17H2,1-3H3. The molecule has 1 aliphatic rings. The number of pyridine rings is 1. The molecule has 0 aliphatic heterocycles. The Morgan fingerprint density at radius 1 is 1.00 bits per heavy atom. The number of Topliss-reactive ketones (excluding diaryl/α,β-unsaturated/α-hetero) is 1. The molecule has 2 aromatic heterocycles. The Hall–Kier alpha value is -4.34. The van der Waals surface area contributed by atoms with E-state index in [9.17, 15) is 27.2 Å². The van der Waals surface area contributed by atoms with E-state index in [0.717, 1.165) is 17.7 Å². The molecule has 0 fully saturated rings. The van der Waals surface area contributed by atoms with Gasteiger partial charge in [-0.25, -0.2) is 14.1 Å². The van der Waals surface area contributed by atoms with Gasteiger partial charge in [0.15, 0.2) is 11.6 Å². The smallest absolute Gasteiger partial charge is 0.337 e. The number of benzene rings is 2. The fourth-order valence-electron chi connectivity index (χ4n) is 4.95. The summed E-state index contributed by atoms with van der Waals surface area (Å²) in [4.78, 5) is 32.1. The minimum atomic E-state index is -4.48. The third-order valence-electron chi connectivity index (χ3n) is 6.92. The number of aromatic nitrogens is 3. The number of rotatable bonds is 5.